The van der Waals surface area contributed by atoms with Crippen LogP contribution in [0, 0.1) is 0 Å². The number of aromatic nitrogens is 7. The van der Waals surface area contributed by atoms with E-state index in [9.17, 15) is 8.78 Å². The lowest BCUT2D eigenvalue weighted by Crippen LogP contribution is -2.37. The number of halogens is 2. The third-order valence-electron chi connectivity index (χ3n) is 4.89. The average molecular weight is 428 g/mol. The first-order valence-electron chi connectivity index (χ1n) is 9.58. The lowest BCUT2D eigenvalue weighted by Gasteiger charge is -2.27. The van der Waals surface area contributed by atoms with Gasteiger partial charge in [0.1, 0.15) is 11.3 Å². The normalized spacial score (nSPS) is 14.5. The van der Waals surface area contributed by atoms with E-state index in [1.165, 1.54) is 16.4 Å². The summed E-state index contributed by atoms with van der Waals surface area (Å²) in [5, 5.41) is 4.17. The van der Waals surface area contributed by atoms with Crippen molar-refractivity contribution in [1.29, 1.82) is 0 Å². The van der Waals surface area contributed by atoms with Gasteiger partial charge in [0.2, 0.25) is 11.9 Å². The van der Waals surface area contributed by atoms with Crippen LogP contribution in [0.15, 0.2) is 36.7 Å². The monoisotopic (exact) mass is 428 g/mol. The quantitative estimate of drug-likeness (QED) is 0.477. The van der Waals surface area contributed by atoms with Crippen molar-refractivity contribution in [1.82, 2.24) is 34.3 Å². The molecule has 5 rings (SSSR count). The van der Waals surface area contributed by atoms with Crippen LogP contribution < -0.4 is 9.64 Å². The predicted octanol–water partition coefficient (Wildman–Crippen LogP) is 2.18. The van der Waals surface area contributed by atoms with Crippen LogP contribution in [0.5, 0.6) is 5.75 Å². The molecule has 0 atom stereocenters. The van der Waals surface area contributed by atoms with Crippen molar-refractivity contribution in [3.05, 3.63) is 42.5 Å². The molecule has 0 N–H and O–H groups in total. The van der Waals surface area contributed by atoms with Gasteiger partial charge in [-0.3, -0.25) is 4.57 Å². The van der Waals surface area contributed by atoms with E-state index in [4.69, 9.17) is 9.47 Å². The molecular weight excluding hydrogens is 410 g/mol. The largest absolute Gasteiger partial charge is 0.494 e. The minimum Gasteiger partial charge on any atom is -0.494 e. The Labute approximate surface area is 175 Å². The van der Waals surface area contributed by atoms with Crippen LogP contribution in [0.3, 0.4) is 0 Å². The Hall–Kier alpha value is -3.67. The van der Waals surface area contributed by atoms with Gasteiger partial charge in [-0.25, -0.2) is 18.4 Å². The van der Waals surface area contributed by atoms with Crippen LogP contribution in [-0.2, 0) is 4.74 Å². The molecule has 0 spiro atoms. The second-order valence-corrected chi connectivity index (χ2v) is 6.72. The van der Waals surface area contributed by atoms with Gasteiger partial charge in [0.15, 0.2) is 5.82 Å². The maximum absolute atomic E-state index is 14.0. The number of para-hydroxylation sites is 1. The fourth-order valence-corrected chi connectivity index (χ4v) is 3.45. The lowest BCUT2D eigenvalue weighted by atomic mass is 10.3. The second kappa shape index (κ2) is 7.87. The second-order valence-electron chi connectivity index (χ2n) is 6.72. The number of alkyl halides is 2. The topological polar surface area (TPSA) is 96.0 Å². The Morgan fingerprint density at radius 2 is 1.77 bits per heavy atom. The summed E-state index contributed by atoms with van der Waals surface area (Å²) >= 11 is 0. The molecule has 0 bridgehead atoms. The van der Waals surface area contributed by atoms with E-state index < -0.39 is 12.2 Å². The van der Waals surface area contributed by atoms with E-state index in [1.54, 1.807) is 36.7 Å². The van der Waals surface area contributed by atoms with Gasteiger partial charge in [0.05, 0.1) is 25.8 Å². The van der Waals surface area contributed by atoms with Gasteiger partial charge >= 0.3 is 0 Å². The maximum Gasteiger partial charge on any atom is 0.296 e. The van der Waals surface area contributed by atoms with E-state index in [0.717, 1.165) is 0 Å². The highest BCUT2D eigenvalue weighted by atomic mass is 19.3. The Bertz CT molecular complexity index is 1210. The van der Waals surface area contributed by atoms with Crippen molar-refractivity contribution in [3.8, 4) is 17.6 Å². The summed E-state index contributed by atoms with van der Waals surface area (Å²) in [4.78, 5) is 19.5. The van der Waals surface area contributed by atoms with E-state index in [2.05, 4.69) is 25.0 Å². The summed E-state index contributed by atoms with van der Waals surface area (Å²) in [5.41, 5.74) is 0.703. The number of benzene rings is 1. The summed E-state index contributed by atoms with van der Waals surface area (Å²) in [7, 11) is 1.46. The molecule has 1 aliphatic heterocycles. The number of anilines is 1. The van der Waals surface area contributed by atoms with Gasteiger partial charge in [-0.2, -0.15) is 20.1 Å². The van der Waals surface area contributed by atoms with Crippen LogP contribution in [0.2, 0.25) is 0 Å². The molecule has 0 unspecified atom stereocenters. The standard InChI is InChI=1S/C19H18F2N8O2/c1-30-13-5-2-4-12-14(13)23-16(15(20)21)29(12)19-25-17(27-8-10-31-11-9-27)24-18(26-19)28-7-3-6-22-28/h2-7,15H,8-11H2,1H3. The molecule has 4 aromatic rings. The van der Waals surface area contributed by atoms with Gasteiger partial charge in [-0.1, -0.05) is 6.07 Å². The van der Waals surface area contributed by atoms with Crippen molar-refractivity contribution in [3.63, 3.8) is 0 Å². The van der Waals surface area contributed by atoms with Crippen LogP contribution in [-0.4, -0.2) is 67.7 Å². The zero-order chi connectivity index (χ0) is 21.4. The zero-order valence-electron chi connectivity index (χ0n) is 16.5. The molecule has 0 saturated carbocycles. The zero-order valence-corrected chi connectivity index (χ0v) is 16.5. The molecule has 0 aliphatic carbocycles. The highest BCUT2D eigenvalue weighted by Gasteiger charge is 2.26. The van der Waals surface area contributed by atoms with Crippen molar-refractivity contribution < 1.29 is 18.3 Å². The van der Waals surface area contributed by atoms with Gasteiger partial charge in [0, 0.05) is 25.5 Å². The molecule has 160 valence electrons. The first-order chi connectivity index (χ1) is 15.2. The molecule has 4 heterocycles. The first kappa shape index (κ1) is 19.3. The molecule has 1 fully saturated rings. The number of hydrogen-bond acceptors (Lipinski definition) is 8. The van der Waals surface area contributed by atoms with E-state index in [0.29, 0.717) is 49.0 Å². The van der Waals surface area contributed by atoms with Crippen LogP contribution in [0.1, 0.15) is 12.2 Å². The van der Waals surface area contributed by atoms with Crippen LogP contribution in [0.25, 0.3) is 22.9 Å². The molecular formula is C19H18F2N8O2. The minimum absolute atomic E-state index is 0.0213. The lowest BCUT2D eigenvalue weighted by molar-refractivity contribution is 0.122. The Morgan fingerprint density at radius 3 is 2.48 bits per heavy atom. The van der Waals surface area contributed by atoms with E-state index >= 15 is 0 Å². The molecule has 0 amide bonds. The van der Waals surface area contributed by atoms with Crippen molar-refractivity contribution in [2.75, 3.05) is 38.3 Å². The molecule has 31 heavy (non-hydrogen) atoms. The summed E-state index contributed by atoms with van der Waals surface area (Å²) in [6.07, 6.45) is 0.402. The average Bonchev–Trinajstić information content (AvgIpc) is 3.47. The number of ether oxygens (including phenoxy) is 2. The number of rotatable bonds is 5. The van der Waals surface area contributed by atoms with Gasteiger partial charge in [-0.15, -0.1) is 0 Å². The van der Waals surface area contributed by atoms with E-state index in [1.807, 2.05) is 4.90 Å². The number of nitrogens with zero attached hydrogens (tertiary/aromatic N) is 8. The maximum atomic E-state index is 14.0. The minimum atomic E-state index is -2.85. The van der Waals surface area contributed by atoms with E-state index in [-0.39, 0.29) is 11.9 Å². The molecule has 1 aromatic carbocycles. The number of methoxy groups -OCH3 is 1. The summed E-state index contributed by atoms with van der Waals surface area (Å²) in [5.74, 6) is 0.483. The van der Waals surface area contributed by atoms with Crippen molar-refractivity contribution in [2.45, 2.75) is 6.43 Å². The third kappa shape index (κ3) is 3.44. The van der Waals surface area contributed by atoms with Gasteiger partial charge < -0.3 is 14.4 Å². The molecule has 3 aromatic heterocycles. The van der Waals surface area contributed by atoms with Crippen molar-refractivity contribution >= 4 is 17.0 Å². The number of fused-ring (bicyclic) bond motifs is 1. The number of imidazole rings is 1. The summed E-state index contributed by atoms with van der Waals surface area (Å²) in [6.45, 7) is 2.18. The SMILES string of the molecule is COc1cccc2c1nc(C(F)F)n2-c1nc(N2CCOCC2)nc(-n2cccn2)n1. The fraction of sp³-hybridized carbons (Fsp3) is 0.316. The third-order valence-corrected chi connectivity index (χ3v) is 4.89. The molecule has 1 aliphatic rings. The Morgan fingerprint density at radius 1 is 1.00 bits per heavy atom. The van der Waals surface area contributed by atoms with Crippen LogP contribution in [0.4, 0.5) is 14.7 Å². The van der Waals surface area contributed by atoms with Crippen LogP contribution >= 0.6 is 0 Å². The predicted molar refractivity (Wildman–Crippen MR) is 106 cm³/mol. The summed E-state index contributed by atoms with van der Waals surface area (Å²) in [6, 6.07) is 6.76. The molecule has 10 nitrogen and oxygen atoms in total. The number of morpholine rings is 1. The smallest absolute Gasteiger partial charge is 0.296 e. The molecule has 0 radical (unpaired) electrons. The summed E-state index contributed by atoms with van der Waals surface area (Å²) < 4.78 is 41.3. The van der Waals surface area contributed by atoms with Gasteiger partial charge in [0.25, 0.3) is 12.4 Å². The van der Waals surface area contributed by atoms with Gasteiger partial charge in [-0.05, 0) is 18.2 Å². The highest BCUT2D eigenvalue weighted by molar-refractivity contribution is 5.84. The highest BCUT2D eigenvalue weighted by Crippen LogP contribution is 2.32. The molecule has 1 saturated heterocycles. The van der Waals surface area contributed by atoms with Crippen molar-refractivity contribution in [2.24, 2.45) is 0 Å². The molecule has 12 heteroatoms. The number of hydrogen-bond donors (Lipinski definition) is 0. The Kier molecular flexibility index (Phi) is 4.90. The fourth-order valence-electron chi connectivity index (χ4n) is 3.45. The first-order valence-corrected chi connectivity index (χ1v) is 9.58. The Balaban J connectivity index is 1.75.